The van der Waals surface area contributed by atoms with Crippen LogP contribution < -0.4 is 0 Å². The molecule has 0 saturated heterocycles. The van der Waals surface area contributed by atoms with Gasteiger partial charge in [0.25, 0.3) is 0 Å². The average Bonchev–Trinajstić information content (AvgIpc) is 2.35. The van der Waals surface area contributed by atoms with E-state index in [-0.39, 0.29) is 11.6 Å². The molecule has 3 heteroatoms. The van der Waals surface area contributed by atoms with Gasteiger partial charge in [-0.05, 0) is 13.3 Å². The molecule has 3 nitrogen and oxygen atoms in total. The number of Topliss-reactive ketones (excluding diaryl/α,β-unsaturated/α-hetero) is 2. The lowest BCUT2D eigenvalue weighted by Crippen LogP contribution is -2.28. The highest BCUT2D eigenvalue weighted by atomic mass is 16.2. The lowest BCUT2D eigenvalue weighted by atomic mass is 9.83. The van der Waals surface area contributed by atoms with Gasteiger partial charge in [0.2, 0.25) is 0 Å². The minimum Gasteiger partial charge on any atom is -0.299 e. The van der Waals surface area contributed by atoms with Gasteiger partial charge in [0.1, 0.15) is 11.6 Å². The van der Waals surface area contributed by atoms with E-state index < -0.39 is 5.41 Å². The first-order valence-electron chi connectivity index (χ1n) is 4.22. The average molecular weight is 177 g/mol. The smallest absolute Gasteiger partial charge is 0.146 e. The molecule has 0 unspecified atom stereocenters. The second-order valence-electron chi connectivity index (χ2n) is 3.41. The summed E-state index contributed by atoms with van der Waals surface area (Å²) in [7, 11) is 0. The van der Waals surface area contributed by atoms with Crippen molar-refractivity contribution < 1.29 is 9.59 Å². The van der Waals surface area contributed by atoms with Crippen molar-refractivity contribution in [1.29, 1.82) is 5.26 Å². The zero-order valence-electron chi connectivity index (χ0n) is 7.54. The molecule has 0 aromatic carbocycles. The molecule has 1 saturated carbocycles. The number of hydrogen-bond acceptors (Lipinski definition) is 3. The molecule has 0 radical (unpaired) electrons. The molecule has 0 aromatic rings. The fraction of sp³-hybridized carbons (Fsp3) is 0.500. The molecule has 1 fully saturated rings. The van der Waals surface area contributed by atoms with E-state index >= 15 is 0 Å². The van der Waals surface area contributed by atoms with Crippen molar-refractivity contribution in [1.82, 2.24) is 0 Å². The van der Waals surface area contributed by atoms with E-state index in [1.165, 1.54) is 6.08 Å². The Morgan fingerprint density at radius 1 is 1.46 bits per heavy atom. The van der Waals surface area contributed by atoms with Gasteiger partial charge in [-0.1, -0.05) is 6.08 Å². The second kappa shape index (κ2) is 3.53. The minimum atomic E-state index is -0.854. The van der Waals surface area contributed by atoms with Crippen LogP contribution in [0.15, 0.2) is 12.2 Å². The maximum atomic E-state index is 11.4. The molecule has 0 bridgehead atoms. The summed E-state index contributed by atoms with van der Waals surface area (Å²) in [5.41, 5.74) is -0.854. The Kier molecular flexibility index (Phi) is 2.62. The Hall–Kier alpha value is -1.43. The van der Waals surface area contributed by atoms with Crippen LogP contribution in [0.4, 0.5) is 0 Å². The van der Waals surface area contributed by atoms with Gasteiger partial charge in [0.15, 0.2) is 0 Å². The maximum absolute atomic E-state index is 11.4. The van der Waals surface area contributed by atoms with E-state index in [9.17, 15) is 9.59 Å². The van der Waals surface area contributed by atoms with E-state index in [0.717, 1.165) is 0 Å². The van der Waals surface area contributed by atoms with Gasteiger partial charge in [-0.2, -0.15) is 5.26 Å². The fourth-order valence-corrected chi connectivity index (χ4v) is 1.51. The first-order valence-corrected chi connectivity index (χ1v) is 4.22. The van der Waals surface area contributed by atoms with Crippen molar-refractivity contribution in [3.8, 4) is 6.07 Å². The van der Waals surface area contributed by atoms with E-state index in [2.05, 4.69) is 0 Å². The summed E-state index contributed by atoms with van der Waals surface area (Å²) in [5, 5.41) is 8.25. The predicted octanol–water partition coefficient (Wildman–Crippen LogP) is 1.39. The van der Waals surface area contributed by atoms with Gasteiger partial charge >= 0.3 is 0 Å². The van der Waals surface area contributed by atoms with Gasteiger partial charge in [0, 0.05) is 18.9 Å². The summed E-state index contributed by atoms with van der Waals surface area (Å²) in [6.07, 6.45) is 3.97. The molecule has 13 heavy (non-hydrogen) atoms. The number of nitriles is 1. The number of ketones is 2. The highest BCUT2D eigenvalue weighted by molar-refractivity contribution is 6.12. The van der Waals surface area contributed by atoms with Crippen LogP contribution in [0.2, 0.25) is 0 Å². The second-order valence-corrected chi connectivity index (χ2v) is 3.41. The Balaban J connectivity index is 2.75. The number of carbonyl (C=O) groups is 2. The molecule has 1 aliphatic rings. The van der Waals surface area contributed by atoms with Gasteiger partial charge in [-0.25, -0.2) is 0 Å². The highest BCUT2D eigenvalue weighted by Gasteiger charge is 2.43. The van der Waals surface area contributed by atoms with Gasteiger partial charge in [0.05, 0.1) is 11.5 Å². The highest BCUT2D eigenvalue weighted by Crippen LogP contribution is 2.34. The summed E-state index contributed by atoms with van der Waals surface area (Å²) < 4.78 is 0. The summed E-state index contributed by atoms with van der Waals surface area (Å²) in [6.45, 7) is 1.66. The van der Waals surface area contributed by atoms with Crippen LogP contribution in [0.1, 0.15) is 26.2 Å². The molecule has 0 amide bonds. The fourth-order valence-electron chi connectivity index (χ4n) is 1.51. The Labute approximate surface area is 77.0 Å². The molecular formula is C10H11NO2. The summed E-state index contributed by atoms with van der Waals surface area (Å²) >= 11 is 0. The topological polar surface area (TPSA) is 57.9 Å². The van der Waals surface area contributed by atoms with Gasteiger partial charge < -0.3 is 0 Å². The van der Waals surface area contributed by atoms with Crippen molar-refractivity contribution in [2.75, 3.05) is 0 Å². The Bertz CT molecular complexity index is 293. The van der Waals surface area contributed by atoms with Crippen molar-refractivity contribution in [2.45, 2.75) is 26.2 Å². The zero-order chi connectivity index (χ0) is 9.90. The van der Waals surface area contributed by atoms with Crippen molar-refractivity contribution in [2.24, 2.45) is 5.41 Å². The van der Waals surface area contributed by atoms with Gasteiger partial charge in [-0.15, -0.1) is 0 Å². The quantitative estimate of drug-likeness (QED) is 0.473. The SMILES string of the molecule is CC1(C/C=C/C#N)C(=O)CCC1=O. The first-order chi connectivity index (χ1) is 6.11. The minimum absolute atomic E-state index is 0.0000831. The third-order valence-corrected chi connectivity index (χ3v) is 2.53. The summed E-state index contributed by atoms with van der Waals surface area (Å²) in [6, 6.07) is 1.84. The molecule has 1 aliphatic carbocycles. The molecular weight excluding hydrogens is 166 g/mol. The first kappa shape index (κ1) is 9.66. The van der Waals surface area contributed by atoms with Gasteiger partial charge in [-0.3, -0.25) is 9.59 Å². The van der Waals surface area contributed by atoms with Crippen molar-refractivity contribution in [3.63, 3.8) is 0 Å². The number of carbonyl (C=O) groups excluding carboxylic acids is 2. The van der Waals surface area contributed by atoms with Crippen LogP contribution in [0, 0.1) is 16.7 Å². The molecule has 0 spiro atoms. The third kappa shape index (κ3) is 1.67. The molecule has 0 heterocycles. The van der Waals surface area contributed by atoms with Crippen LogP contribution in [-0.4, -0.2) is 11.6 Å². The molecule has 0 aromatic heterocycles. The third-order valence-electron chi connectivity index (χ3n) is 2.53. The summed E-state index contributed by atoms with van der Waals surface area (Å²) in [4.78, 5) is 22.7. The van der Waals surface area contributed by atoms with E-state index in [1.54, 1.807) is 13.0 Å². The van der Waals surface area contributed by atoms with Crippen LogP contribution in [0.25, 0.3) is 0 Å². The standard InChI is InChI=1S/C10H11NO2/c1-10(6-2-3-7-11)8(12)4-5-9(10)13/h2-3H,4-6H2,1H3/b3-2+. The lowest BCUT2D eigenvalue weighted by Gasteiger charge is -2.16. The monoisotopic (exact) mass is 177 g/mol. The lowest BCUT2D eigenvalue weighted by molar-refractivity contribution is -0.133. The molecule has 1 rings (SSSR count). The molecule has 68 valence electrons. The zero-order valence-corrected chi connectivity index (χ0v) is 7.54. The van der Waals surface area contributed by atoms with Crippen LogP contribution >= 0.6 is 0 Å². The van der Waals surface area contributed by atoms with E-state index in [0.29, 0.717) is 19.3 Å². The van der Waals surface area contributed by atoms with Crippen LogP contribution in [-0.2, 0) is 9.59 Å². The van der Waals surface area contributed by atoms with Crippen LogP contribution in [0.3, 0.4) is 0 Å². The maximum Gasteiger partial charge on any atom is 0.146 e. The molecule has 0 atom stereocenters. The Morgan fingerprint density at radius 2 is 2.00 bits per heavy atom. The number of hydrogen-bond donors (Lipinski definition) is 0. The van der Waals surface area contributed by atoms with E-state index in [1.807, 2.05) is 6.07 Å². The molecule has 0 N–H and O–H groups in total. The van der Waals surface area contributed by atoms with Crippen molar-refractivity contribution in [3.05, 3.63) is 12.2 Å². The number of rotatable bonds is 2. The number of allylic oxidation sites excluding steroid dienone is 2. The summed E-state index contributed by atoms with van der Waals surface area (Å²) in [5.74, 6) is 0.000166. The molecule has 0 aliphatic heterocycles. The normalized spacial score (nSPS) is 20.9. The predicted molar refractivity (Wildman–Crippen MR) is 46.7 cm³/mol. The number of nitrogens with zero attached hydrogens (tertiary/aromatic N) is 1. The van der Waals surface area contributed by atoms with E-state index in [4.69, 9.17) is 5.26 Å². The van der Waals surface area contributed by atoms with Crippen molar-refractivity contribution >= 4 is 11.6 Å². The van der Waals surface area contributed by atoms with Crippen LogP contribution in [0.5, 0.6) is 0 Å². The largest absolute Gasteiger partial charge is 0.299 e. The Morgan fingerprint density at radius 3 is 2.46 bits per heavy atom.